The summed E-state index contributed by atoms with van der Waals surface area (Å²) in [5, 5.41) is 19.5. The summed E-state index contributed by atoms with van der Waals surface area (Å²) in [5.41, 5.74) is 39.4. The van der Waals surface area contributed by atoms with Crippen LogP contribution in [0.1, 0.15) is 107 Å². The van der Waals surface area contributed by atoms with Gasteiger partial charge in [0.2, 0.25) is 41.4 Å². The summed E-state index contributed by atoms with van der Waals surface area (Å²) < 4.78 is 0. The van der Waals surface area contributed by atoms with E-state index in [1.165, 1.54) is 0 Å². The first-order valence-corrected chi connectivity index (χ1v) is 28.6. The molecular formula is C59H83N17O7. The summed E-state index contributed by atoms with van der Waals surface area (Å²) >= 11 is 0. The van der Waals surface area contributed by atoms with Crippen molar-refractivity contribution >= 4 is 86.0 Å². The van der Waals surface area contributed by atoms with Crippen molar-refractivity contribution in [2.45, 2.75) is 146 Å². The molecule has 83 heavy (non-hydrogen) atoms. The number of nitrogens with two attached hydrogens (primary N) is 6. The van der Waals surface area contributed by atoms with Crippen LogP contribution in [0, 0.1) is 0 Å². The van der Waals surface area contributed by atoms with Gasteiger partial charge in [-0.15, -0.1) is 0 Å². The number of nitrogens with one attached hydrogen (secondary N) is 9. The number of aliphatic imine (C=N–C) groups is 2. The van der Waals surface area contributed by atoms with Crippen molar-refractivity contribution in [2.24, 2.45) is 44.4 Å². The van der Waals surface area contributed by atoms with E-state index in [1.807, 2.05) is 72.8 Å². The van der Waals surface area contributed by atoms with Crippen molar-refractivity contribution in [3.05, 3.63) is 108 Å². The topological polar surface area (TPSA) is 420 Å². The van der Waals surface area contributed by atoms with Gasteiger partial charge in [0, 0.05) is 90.2 Å². The molecule has 6 atom stereocenters. The van der Waals surface area contributed by atoms with Gasteiger partial charge in [0.1, 0.15) is 30.2 Å². The lowest BCUT2D eigenvalue weighted by atomic mass is 10.0. The number of rotatable bonds is 36. The summed E-state index contributed by atoms with van der Waals surface area (Å²) in [4.78, 5) is 116. The second-order valence-electron chi connectivity index (χ2n) is 20.9. The summed E-state index contributed by atoms with van der Waals surface area (Å²) in [6, 6.07) is 14.9. The van der Waals surface area contributed by atoms with E-state index in [4.69, 9.17) is 34.4 Å². The third-order valence-electron chi connectivity index (χ3n) is 14.5. The number of aromatic nitrogens is 3. The number of aromatic amines is 3. The lowest BCUT2D eigenvalue weighted by molar-refractivity contribution is -0.135. The first-order chi connectivity index (χ1) is 40.0. The highest BCUT2D eigenvalue weighted by atomic mass is 16.2. The number of H-pyrrole nitrogens is 3. The molecule has 0 bridgehead atoms. The normalized spacial score (nSPS) is 13.4. The number of hydrogen-bond donors (Lipinski definition) is 15. The highest BCUT2D eigenvalue weighted by Gasteiger charge is 2.34. The molecule has 0 aliphatic rings. The van der Waals surface area contributed by atoms with Gasteiger partial charge in [-0.1, -0.05) is 87.2 Å². The van der Waals surface area contributed by atoms with Gasteiger partial charge in [-0.2, -0.15) is 0 Å². The average molecular weight is 1140 g/mol. The Bertz CT molecular complexity index is 3170. The summed E-state index contributed by atoms with van der Waals surface area (Å²) in [7, 11) is 0. The largest absolute Gasteiger partial charge is 0.370 e. The molecule has 0 radical (unpaired) electrons. The smallest absolute Gasteiger partial charge is 0.243 e. The third-order valence-corrected chi connectivity index (χ3v) is 14.5. The van der Waals surface area contributed by atoms with Crippen molar-refractivity contribution in [3.8, 4) is 0 Å². The Hall–Kier alpha value is -8.93. The van der Waals surface area contributed by atoms with Gasteiger partial charge in [0.15, 0.2) is 11.9 Å². The number of benzene rings is 3. The van der Waals surface area contributed by atoms with E-state index < -0.39 is 71.7 Å². The number of para-hydroxylation sites is 3. The Kier molecular flexibility index (Phi) is 24.8. The molecule has 0 unspecified atom stereocenters. The van der Waals surface area contributed by atoms with Gasteiger partial charge in [0.05, 0.1) is 6.04 Å². The van der Waals surface area contributed by atoms with Gasteiger partial charge in [-0.3, -0.25) is 43.5 Å². The number of primary amides is 1. The number of carbonyl (C=O) groups is 7. The minimum atomic E-state index is -1.36. The maximum atomic E-state index is 15.0. The van der Waals surface area contributed by atoms with E-state index in [1.54, 1.807) is 18.6 Å². The van der Waals surface area contributed by atoms with Gasteiger partial charge >= 0.3 is 0 Å². The molecule has 0 fully saturated rings. The Morgan fingerprint density at radius 1 is 0.458 bits per heavy atom. The SMILES string of the molecule is CCCCCCCC(=O)NCCCC[C@H](NC(=O)[C@H](Cc1c[nH]c2ccccc12)NC(=O)[C@H](CCCN=C(N)N)NC(=O)[C@H](Cc1c[nH]c2ccccc12)NC(=O)[C@H](CCCN=C(N)N)NC(=O)[C@@H](N)Cc1c[nH]c2ccccc12)C(N)=O. The zero-order valence-corrected chi connectivity index (χ0v) is 47.3. The summed E-state index contributed by atoms with van der Waals surface area (Å²) in [6.45, 7) is 2.72. The maximum Gasteiger partial charge on any atom is 0.243 e. The second-order valence-corrected chi connectivity index (χ2v) is 20.9. The van der Waals surface area contributed by atoms with Crippen LogP contribution in [0.3, 0.4) is 0 Å². The average Bonchev–Trinajstić information content (AvgIpc) is 4.39. The number of unbranched alkanes of at least 4 members (excludes halogenated alkanes) is 5. The number of fused-ring (bicyclic) bond motifs is 3. The molecular weight excluding hydrogens is 1060 g/mol. The number of guanidine groups is 2. The van der Waals surface area contributed by atoms with Crippen LogP contribution in [0.4, 0.5) is 0 Å². The fraction of sp³-hybridized carbons (Fsp3) is 0.441. The van der Waals surface area contributed by atoms with Crippen molar-refractivity contribution in [3.63, 3.8) is 0 Å². The van der Waals surface area contributed by atoms with Gasteiger partial charge in [-0.05, 0) is 92.7 Å². The van der Waals surface area contributed by atoms with Crippen LogP contribution in [0.15, 0.2) is 101 Å². The highest BCUT2D eigenvalue weighted by Crippen LogP contribution is 2.23. The Balaban J connectivity index is 1.23. The van der Waals surface area contributed by atoms with E-state index in [0.717, 1.165) is 70.4 Å². The van der Waals surface area contributed by atoms with E-state index in [2.05, 4.69) is 63.8 Å². The van der Waals surface area contributed by atoms with Gasteiger partial charge < -0.3 is 81.3 Å². The first kappa shape index (κ1) is 63.3. The molecule has 3 aromatic carbocycles. The van der Waals surface area contributed by atoms with Crippen LogP contribution in [0.2, 0.25) is 0 Å². The van der Waals surface area contributed by atoms with Crippen LogP contribution in [-0.2, 0) is 52.8 Å². The number of amides is 7. The molecule has 446 valence electrons. The predicted molar refractivity (Wildman–Crippen MR) is 323 cm³/mol. The van der Waals surface area contributed by atoms with E-state index in [9.17, 15) is 33.6 Å². The highest BCUT2D eigenvalue weighted by molar-refractivity contribution is 5.98. The maximum absolute atomic E-state index is 15.0. The van der Waals surface area contributed by atoms with Crippen molar-refractivity contribution < 1.29 is 33.6 Å². The lowest BCUT2D eigenvalue weighted by Gasteiger charge is -2.27. The second kappa shape index (κ2) is 32.5. The van der Waals surface area contributed by atoms with E-state index >= 15 is 0 Å². The monoisotopic (exact) mass is 1140 g/mol. The fourth-order valence-corrected chi connectivity index (χ4v) is 9.97. The van der Waals surface area contributed by atoms with Crippen LogP contribution >= 0.6 is 0 Å². The number of carbonyl (C=O) groups excluding carboxylic acids is 7. The van der Waals surface area contributed by atoms with Crippen molar-refractivity contribution in [2.75, 3.05) is 19.6 Å². The van der Waals surface area contributed by atoms with Crippen LogP contribution in [0.5, 0.6) is 0 Å². The van der Waals surface area contributed by atoms with Gasteiger partial charge in [0.25, 0.3) is 0 Å². The molecule has 6 rings (SSSR count). The fourth-order valence-electron chi connectivity index (χ4n) is 9.97. The standard InChI is InChI=1S/C59H83N17O7/c1-2-3-4-5-6-26-51(77)66-27-14-13-23-46(52(61)78)72-56(82)49(31-37-34-70-44-21-11-8-18-40(37)44)75-55(81)48(25-16-29-68-59(64)65)74-57(83)50(32-38-35-71-45-22-12-9-19-41(38)45)76-54(80)47(24-15-28-67-58(62)63)73-53(79)42(60)30-36-33-69-43-20-10-7-17-39(36)43/h7-12,17-22,33-35,42,46-50,69-71H,2-6,13-16,23-32,60H2,1H3,(H2,61,78)(H,66,77)(H,72,82)(H,73,79)(H,74,83)(H,75,81)(H,76,80)(H4,62,63,67)(H4,64,65,68)/t42-,46-,47-,48-,49-,50-/m0/s1. The van der Waals surface area contributed by atoms with Crippen LogP contribution in [0.25, 0.3) is 32.7 Å². The third kappa shape index (κ3) is 19.9. The molecule has 24 nitrogen and oxygen atoms in total. The Morgan fingerprint density at radius 2 is 0.855 bits per heavy atom. The number of nitrogens with zero attached hydrogens (tertiary/aromatic N) is 2. The molecule has 0 saturated heterocycles. The first-order valence-electron chi connectivity index (χ1n) is 28.6. The molecule has 6 aromatic rings. The molecule has 24 heteroatoms. The van der Waals surface area contributed by atoms with Crippen LogP contribution in [-0.4, -0.2) is 124 Å². The van der Waals surface area contributed by atoms with Crippen molar-refractivity contribution in [1.82, 2.24) is 46.9 Å². The zero-order chi connectivity index (χ0) is 59.7. The minimum Gasteiger partial charge on any atom is -0.370 e. The zero-order valence-electron chi connectivity index (χ0n) is 47.3. The Labute approximate surface area is 482 Å². The van der Waals surface area contributed by atoms with Crippen molar-refractivity contribution in [1.29, 1.82) is 0 Å². The van der Waals surface area contributed by atoms with Crippen LogP contribution < -0.4 is 66.3 Å². The molecule has 3 aromatic heterocycles. The van der Waals surface area contributed by atoms with E-state index in [0.29, 0.717) is 36.9 Å². The Morgan fingerprint density at radius 3 is 1.31 bits per heavy atom. The minimum absolute atomic E-state index is 0.0410. The summed E-state index contributed by atoms with van der Waals surface area (Å²) in [6.07, 6.45) is 12.4. The predicted octanol–water partition coefficient (Wildman–Crippen LogP) is 2.15. The molecule has 7 amide bonds. The molecule has 21 N–H and O–H groups in total. The molecule has 0 saturated carbocycles. The molecule has 0 aliphatic carbocycles. The quantitative estimate of drug-likeness (QED) is 0.0153. The summed E-state index contributed by atoms with van der Waals surface area (Å²) in [5.74, 6) is -4.79. The number of hydrogen-bond acceptors (Lipinski definition) is 10. The van der Waals surface area contributed by atoms with E-state index in [-0.39, 0.29) is 82.3 Å². The molecule has 0 spiro atoms. The lowest BCUT2D eigenvalue weighted by Crippen LogP contribution is -2.60. The molecule has 3 heterocycles. The van der Waals surface area contributed by atoms with Gasteiger partial charge in [-0.25, -0.2) is 0 Å². The molecule has 0 aliphatic heterocycles.